The molecule has 2 nitrogen and oxygen atoms in total. The van der Waals surface area contributed by atoms with Crippen molar-refractivity contribution in [3.8, 4) is 0 Å². The summed E-state index contributed by atoms with van der Waals surface area (Å²) in [4.78, 5) is 0. The lowest BCUT2D eigenvalue weighted by molar-refractivity contribution is 0.222. The molecule has 0 amide bonds. The first kappa shape index (κ1) is 9.70. The highest BCUT2D eigenvalue weighted by atomic mass is 31.2. The maximum Gasteiger partial charge on any atom is 0.141 e. The molecule has 1 fully saturated rings. The van der Waals surface area contributed by atoms with E-state index in [9.17, 15) is 9.67 Å². The fraction of sp³-hybridized carbons (Fsp3) is 0.273. The molecule has 0 radical (unpaired) electrons. The number of rotatable bonds is 1. The second-order valence-corrected chi connectivity index (χ2v) is 6.61. The zero-order valence-corrected chi connectivity index (χ0v) is 8.78. The van der Waals surface area contributed by atoms with Gasteiger partial charge in [-0.15, -0.1) is 0 Å². The van der Waals surface area contributed by atoms with Gasteiger partial charge in [0.2, 0.25) is 0 Å². The van der Waals surface area contributed by atoms with Crippen LogP contribution in [0.1, 0.15) is 6.42 Å². The molecule has 1 aliphatic heterocycles. The van der Waals surface area contributed by atoms with Gasteiger partial charge in [0.25, 0.3) is 0 Å². The molecule has 0 bridgehead atoms. The largest absolute Gasteiger partial charge is 0.388 e. The van der Waals surface area contributed by atoms with Crippen LogP contribution in [0.2, 0.25) is 0 Å². The standard InChI is InChI=1S/C11H13O2P/c1-9-11(12)7-8-14(9,13)10-5-3-2-4-6-10/h2-6,11-12H,1,7-8H2/t11-,14?/m1/s1. The normalized spacial score (nSPS) is 32.1. The van der Waals surface area contributed by atoms with E-state index in [1.807, 2.05) is 30.3 Å². The zero-order chi connectivity index (χ0) is 10.2. The molecule has 0 spiro atoms. The minimum Gasteiger partial charge on any atom is -0.388 e. The van der Waals surface area contributed by atoms with E-state index in [4.69, 9.17) is 0 Å². The van der Waals surface area contributed by atoms with Crippen molar-refractivity contribution in [1.29, 1.82) is 0 Å². The van der Waals surface area contributed by atoms with E-state index in [0.717, 1.165) is 5.30 Å². The van der Waals surface area contributed by atoms with E-state index >= 15 is 0 Å². The quantitative estimate of drug-likeness (QED) is 0.716. The summed E-state index contributed by atoms with van der Waals surface area (Å²) < 4.78 is 12.5. The molecule has 2 atom stereocenters. The van der Waals surface area contributed by atoms with Gasteiger partial charge < -0.3 is 9.67 Å². The molecule has 0 saturated carbocycles. The van der Waals surface area contributed by atoms with Crippen molar-refractivity contribution in [2.45, 2.75) is 12.5 Å². The Morgan fingerprint density at radius 1 is 1.36 bits per heavy atom. The van der Waals surface area contributed by atoms with E-state index in [1.54, 1.807) is 0 Å². The van der Waals surface area contributed by atoms with Crippen LogP contribution in [0, 0.1) is 0 Å². The SMILES string of the molecule is C=C1[C@H](O)CCP1(=O)c1ccccc1. The average Bonchev–Trinajstić information content (AvgIpc) is 2.49. The fourth-order valence-electron chi connectivity index (χ4n) is 1.82. The van der Waals surface area contributed by atoms with Crippen molar-refractivity contribution in [2.24, 2.45) is 0 Å². The molecule has 0 aromatic heterocycles. The van der Waals surface area contributed by atoms with Crippen molar-refractivity contribution in [1.82, 2.24) is 0 Å². The Balaban J connectivity index is 2.45. The minimum absolute atomic E-state index is 0.517. The molecule has 1 heterocycles. The Bertz CT molecular complexity index is 397. The Kier molecular flexibility index (Phi) is 2.34. The van der Waals surface area contributed by atoms with Gasteiger partial charge in [-0.05, 0) is 6.42 Å². The number of hydrogen-bond acceptors (Lipinski definition) is 2. The smallest absolute Gasteiger partial charge is 0.141 e. The van der Waals surface area contributed by atoms with Crippen molar-refractivity contribution in [3.05, 3.63) is 42.2 Å². The topological polar surface area (TPSA) is 37.3 Å². The van der Waals surface area contributed by atoms with Crippen molar-refractivity contribution in [3.63, 3.8) is 0 Å². The predicted octanol–water partition coefficient (Wildman–Crippen LogP) is 1.95. The maximum atomic E-state index is 12.5. The van der Waals surface area contributed by atoms with E-state index in [-0.39, 0.29) is 0 Å². The molecule has 74 valence electrons. The molecule has 1 N–H and O–H groups in total. The minimum atomic E-state index is -2.51. The maximum absolute atomic E-state index is 12.5. The first-order chi connectivity index (χ1) is 6.64. The van der Waals surface area contributed by atoms with Crippen LogP contribution in [0.25, 0.3) is 0 Å². The highest BCUT2D eigenvalue weighted by Crippen LogP contribution is 2.59. The van der Waals surface area contributed by atoms with E-state index in [2.05, 4.69) is 6.58 Å². The molecular weight excluding hydrogens is 195 g/mol. The highest BCUT2D eigenvalue weighted by molar-refractivity contribution is 7.75. The van der Waals surface area contributed by atoms with Crippen LogP contribution < -0.4 is 5.30 Å². The summed E-state index contributed by atoms with van der Waals surface area (Å²) in [5.41, 5.74) is 0. The predicted molar refractivity (Wildman–Crippen MR) is 58.3 cm³/mol. The van der Waals surface area contributed by atoms with E-state index in [1.165, 1.54) is 0 Å². The first-order valence-corrected chi connectivity index (χ1v) is 6.56. The lowest BCUT2D eigenvalue weighted by atomic mass is 10.3. The molecule has 0 aliphatic carbocycles. The second kappa shape index (κ2) is 3.38. The van der Waals surface area contributed by atoms with E-state index in [0.29, 0.717) is 17.9 Å². The molecule has 14 heavy (non-hydrogen) atoms. The fourth-order valence-corrected chi connectivity index (χ4v) is 4.57. The molecule has 1 unspecified atom stereocenters. The lowest BCUT2D eigenvalue weighted by Crippen LogP contribution is -2.06. The van der Waals surface area contributed by atoms with Gasteiger partial charge in [-0.1, -0.05) is 36.9 Å². The third-order valence-electron chi connectivity index (χ3n) is 2.74. The molecule has 1 aliphatic rings. The third-order valence-corrected chi connectivity index (χ3v) is 5.99. The molecule has 3 heteroatoms. The van der Waals surface area contributed by atoms with Crippen molar-refractivity contribution >= 4 is 12.4 Å². The van der Waals surface area contributed by atoms with Gasteiger partial charge in [-0.2, -0.15) is 0 Å². The van der Waals surface area contributed by atoms with Crippen LogP contribution in [-0.4, -0.2) is 17.4 Å². The van der Waals surface area contributed by atoms with Gasteiger partial charge in [0.1, 0.15) is 7.14 Å². The zero-order valence-electron chi connectivity index (χ0n) is 7.89. The van der Waals surface area contributed by atoms with Crippen LogP contribution in [0.4, 0.5) is 0 Å². The number of aliphatic hydroxyl groups excluding tert-OH is 1. The number of aliphatic hydroxyl groups is 1. The summed E-state index contributed by atoms with van der Waals surface area (Å²) in [6.45, 7) is 3.75. The Morgan fingerprint density at radius 2 is 2.00 bits per heavy atom. The van der Waals surface area contributed by atoms with Crippen LogP contribution in [0.15, 0.2) is 42.2 Å². The van der Waals surface area contributed by atoms with Crippen LogP contribution in [0.5, 0.6) is 0 Å². The Labute approximate surface area is 83.6 Å². The van der Waals surface area contributed by atoms with Gasteiger partial charge in [0.05, 0.1) is 6.10 Å². The molecule has 1 aromatic carbocycles. The van der Waals surface area contributed by atoms with Crippen LogP contribution in [0.3, 0.4) is 0 Å². The van der Waals surface area contributed by atoms with Gasteiger partial charge in [-0.25, -0.2) is 0 Å². The third kappa shape index (κ3) is 1.35. The summed E-state index contributed by atoms with van der Waals surface area (Å²) >= 11 is 0. The highest BCUT2D eigenvalue weighted by Gasteiger charge is 2.38. The van der Waals surface area contributed by atoms with E-state index < -0.39 is 13.2 Å². The molecular formula is C11H13O2P. The number of benzene rings is 1. The van der Waals surface area contributed by atoms with Crippen molar-refractivity contribution < 1.29 is 9.67 Å². The molecule has 2 rings (SSSR count). The summed E-state index contributed by atoms with van der Waals surface area (Å²) in [5.74, 6) is 0. The summed E-state index contributed by atoms with van der Waals surface area (Å²) in [6, 6.07) is 9.33. The van der Waals surface area contributed by atoms with Gasteiger partial charge in [-0.3, -0.25) is 0 Å². The average molecular weight is 208 g/mol. The monoisotopic (exact) mass is 208 g/mol. The first-order valence-electron chi connectivity index (χ1n) is 4.67. The van der Waals surface area contributed by atoms with Gasteiger partial charge in [0.15, 0.2) is 0 Å². The summed E-state index contributed by atoms with van der Waals surface area (Å²) in [5, 5.41) is 10.9. The lowest BCUT2D eigenvalue weighted by Gasteiger charge is -2.13. The number of hydrogen-bond donors (Lipinski definition) is 1. The molecule has 1 aromatic rings. The van der Waals surface area contributed by atoms with Crippen LogP contribution >= 0.6 is 7.14 Å². The van der Waals surface area contributed by atoms with Gasteiger partial charge >= 0.3 is 0 Å². The van der Waals surface area contributed by atoms with Gasteiger partial charge in [0, 0.05) is 16.8 Å². The molecule has 1 saturated heterocycles. The second-order valence-electron chi connectivity index (χ2n) is 3.59. The van der Waals surface area contributed by atoms with Crippen molar-refractivity contribution in [2.75, 3.05) is 6.16 Å². The summed E-state index contributed by atoms with van der Waals surface area (Å²) in [6.07, 6.45) is 0.545. The summed E-state index contributed by atoms with van der Waals surface area (Å²) in [7, 11) is -2.51. The van der Waals surface area contributed by atoms with Crippen LogP contribution in [-0.2, 0) is 4.57 Å². The Morgan fingerprint density at radius 3 is 2.50 bits per heavy atom. The Hall–Kier alpha value is -0.850.